The van der Waals surface area contributed by atoms with Crippen molar-refractivity contribution in [3.8, 4) is 0 Å². The molecule has 1 heterocycles. The number of aliphatic carboxylic acids is 1. The molecule has 0 aliphatic heterocycles. The monoisotopic (exact) mass is 279 g/mol. The van der Waals surface area contributed by atoms with Gasteiger partial charge in [-0.3, -0.25) is 24.8 Å². The Morgan fingerprint density at radius 1 is 1.20 bits per heavy atom. The number of aromatic nitrogens is 1. The van der Waals surface area contributed by atoms with E-state index in [1.54, 1.807) is 31.6 Å². The van der Waals surface area contributed by atoms with Gasteiger partial charge in [0.1, 0.15) is 0 Å². The summed E-state index contributed by atoms with van der Waals surface area (Å²) in [7, 11) is 1.54. The van der Waals surface area contributed by atoms with E-state index in [1.807, 2.05) is 0 Å². The van der Waals surface area contributed by atoms with Crippen molar-refractivity contribution in [3.63, 3.8) is 0 Å². The number of amides is 3. The number of urea groups is 1. The van der Waals surface area contributed by atoms with Crippen LogP contribution >= 0.6 is 0 Å². The molecule has 0 unspecified atom stereocenters. The SMILES string of the molecule is CN(C(=O)NC(=O)CCCCC(=O)O)c1ccncc1. The largest absolute Gasteiger partial charge is 0.481 e. The lowest BCUT2D eigenvalue weighted by Gasteiger charge is -2.17. The van der Waals surface area contributed by atoms with Crippen molar-refractivity contribution < 1.29 is 19.5 Å². The Balaban J connectivity index is 2.34. The van der Waals surface area contributed by atoms with Crippen LogP contribution in [0.4, 0.5) is 10.5 Å². The van der Waals surface area contributed by atoms with Gasteiger partial charge in [0, 0.05) is 38.0 Å². The zero-order valence-electron chi connectivity index (χ0n) is 11.2. The molecule has 0 aliphatic carbocycles. The highest BCUT2D eigenvalue weighted by Gasteiger charge is 2.13. The molecule has 1 rings (SSSR count). The molecule has 0 aromatic carbocycles. The number of hydrogen-bond acceptors (Lipinski definition) is 4. The van der Waals surface area contributed by atoms with Crippen molar-refractivity contribution in [2.45, 2.75) is 25.7 Å². The summed E-state index contributed by atoms with van der Waals surface area (Å²) in [6, 6.07) is 2.77. The summed E-state index contributed by atoms with van der Waals surface area (Å²) in [6.07, 6.45) is 4.10. The van der Waals surface area contributed by atoms with Gasteiger partial charge >= 0.3 is 12.0 Å². The second kappa shape index (κ2) is 7.88. The maximum atomic E-state index is 11.8. The van der Waals surface area contributed by atoms with E-state index < -0.39 is 17.9 Å². The topological polar surface area (TPSA) is 99.6 Å². The van der Waals surface area contributed by atoms with Gasteiger partial charge in [0.25, 0.3) is 0 Å². The van der Waals surface area contributed by atoms with Gasteiger partial charge in [-0.05, 0) is 25.0 Å². The van der Waals surface area contributed by atoms with Gasteiger partial charge in [0.05, 0.1) is 0 Å². The predicted molar refractivity (Wildman–Crippen MR) is 72.3 cm³/mol. The van der Waals surface area contributed by atoms with Gasteiger partial charge < -0.3 is 5.11 Å². The summed E-state index contributed by atoms with van der Waals surface area (Å²) in [4.78, 5) is 38.7. The third-order valence-corrected chi connectivity index (χ3v) is 2.65. The molecule has 3 amide bonds. The molecule has 20 heavy (non-hydrogen) atoms. The van der Waals surface area contributed by atoms with Crippen LogP contribution in [0.2, 0.25) is 0 Å². The third kappa shape index (κ3) is 5.47. The van der Waals surface area contributed by atoms with E-state index in [4.69, 9.17) is 5.11 Å². The molecular weight excluding hydrogens is 262 g/mol. The fraction of sp³-hybridized carbons (Fsp3) is 0.385. The summed E-state index contributed by atoms with van der Waals surface area (Å²) >= 11 is 0. The van der Waals surface area contributed by atoms with Crippen LogP contribution in [0.5, 0.6) is 0 Å². The molecular formula is C13H17N3O4. The van der Waals surface area contributed by atoms with Gasteiger partial charge in [-0.25, -0.2) is 4.79 Å². The van der Waals surface area contributed by atoms with Crippen LogP contribution in [0.15, 0.2) is 24.5 Å². The molecule has 1 aromatic rings. The lowest BCUT2D eigenvalue weighted by atomic mass is 10.2. The maximum Gasteiger partial charge on any atom is 0.328 e. The Kier molecular flexibility index (Phi) is 6.15. The minimum absolute atomic E-state index is 0.0259. The molecule has 2 N–H and O–H groups in total. The minimum atomic E-state index is -0.890. The molecule has 7 heteroatoms. The van der Waals surface area contributed by atoms with E-state index >= 15 is 0 Å². The third-order valence-electron chi connectivity index (χ3n) is 2.65. The van der Waals surface area contributed by atoms with E-state index in [-0.39, 0.29) is 12.8 Å². The summed E-state index contributed by atoms with van der Waals surface area (Å²) in [5.41, 5.74) is 0.621. The molecule has 1 aromatic heterocycles. The lowest BCUT2D eigenvalue weighted by Crippen LogP contribution is -2.40. The lowest BCUT2D eigenvalue weighted by molar-refractivity contribution is -0.137. The van der Waals surface area contributed by atoms with Crippen molar-refractivity contribution in [1.82, 2.24) is 10.3 Å². The maximum absolute atomic E-state index is 11.8. The van der Waals surface area contributed by atoms with Crippen molar-refractivity contribution in [3.05, 3.63) is 24.5 Å². The van der Waals surface area contributed by atoms with Gasteiger partial charge in [0.2, 0.25) is 5.91 Å². The first-order valence-corrected chi connectivity index (χ1v) is 6.20. The van der Waals surface area contributed by atoms with Crippen LogP contribution in [0, 0.1) is 0 Å². The highest BCUT2D eigenvalue weighted by molar-refractivity contribution is 6.02. The zero-order valence-corrected chi connectivity index (χ0v) is 11.2. The van der Waals surface area contributed by atoms with Crippen LogP contribution in [-0.2, 0) is 9.59 Å². The van der Waals surface area contributed by atoms with Crippen LogP contribution in [-0.4, -0.2) is 35.0 Å². The Labute approximate surface area is 116 Å². The standard InChI is InChI=1S/C13H17N3O4/c1-16(10-6-8-14-9-7-10)13(20)15-11(17)4-2-3-5-12(18)19/h6-9H,2-5H2,1H3,(H,18,19)(H,15,17,20). The predicted octanol–water partition coefficient (Wildman–Crippen LogP) is 1.40. The number of rotatable bonds is 6. The van der Waals surface area contributed by atoms with Crippen molar-refractivity contribution >= 4 is 23.6 Å². The number of unbranched alkanes of at least 4 members (excludes halogenated alkanes) is 1. The number of pyridine rings is 1. The number of hydrogen-bond donors (Lipinski definition) is 2. The number of carboxylic acids is 1. The number of anilines is 1. The minimum Gasteiger partial charge on any atom is -0.481 e. The molecule has 0 atom stereocenters. The first-order chi connectivity index (χ1) is 9.50. The summed E-state index contributed by atoms with van der Waals surface area (Å²) in [6.45, 7) is 0. The van der Waals surface area contributed by atoms with E-state index in [9.17, 15) is 14.4 Å². The molecule has 0 spiro atoms. The molecule has 0 saturated heterocycles. The first kappa shape index (κ1) is 15.6. The second-order valence-electron chi connectivity index (χ2n) is 4.22. The fourth-order valence-electron chi connectivity index (χ4n) is 1.51. The van der Waals surface area contributed by atoms with Crippen LogP contribution < -0.4 is 10.2 Å². The number of nitrogens with zero attached hydrogens (tertiary/aromatic N) is 2. The average Bonchev–Trinajstić information content (AvgIpc) is 2.43. The number of carboxylic acid groups (broad SMARTS) is 1. The van der Waals surface area contributed by atoms with E-state index in [1.165, 1.54) is 4.90 Å². The molecule has 0 radical (unpaired) electrons. The summed E-state index contributed by atoms with van der Waals surface area (Å²) in [5, 5.41) is 10.7. The number of nitrogens with one attached hydrogen (secondary N) is 1. The number of carbonyl (C=O) groups excluding carboxylic acids is 2. The number of carbonyl (C=O) groups is 3. The highest BCUT2D eigenvalue weighted by atomic mass is 16.4. The van der Waals surface area contributed by atoms with Gasteiger partial charge in [0.15, 0.2) is 0 Å². The molecule has 0 saturated carbocycles. The van der Waals surface area contributed by atoms with Crippen molar-refractivity contribution in [2.24, 2.45) is 0 Å². The van der Waals surface area contributed by atoms with Crippen LogP contribution in [0.1, 0.15) is 25.7 Å². The van der Waals surface area contributed by atoms with Gasteiger partial charge in [-0.2, -0.15) is 0 Å². The van der Waals surface area contributed by atoms with Gasteiger partial charge in [-0.1, -0.05) is 0 Å². The highest BCUT2D eigenvalue weighted by Crippen LogP contribution is 2.09. The van der Waals surface area contributed by atoms with Crippen molar-refractivity contribution in [1.29, 1.82) is 0 Å². The number of imide groups is 1. The zero-order chi connectivity index (χ0) is 15.0. The second-order valence-corrected chi connectivity index (χ2v) is 4.22. The molecule has 0 aliphatic rings. The first-order valence-electron chi connectivity index (χ1n) is 6.20. The fourth-order valence-corrected chi connectivity index (χ4v) is 1.51. The Morgan fingerprint density at radius 2 is 1.80 bits per heavy atom. The van der Waals surface area contributed by atoms with Gasteiger partial charge in [-0.15, -0.1) is 0 Å². The smallest absolute Gasteiger partial charge is 0.328 e. The summed E-state index contributed by atoms with van der Waals surface area (Å²) < 4.78 is 0. The molecule has 0 bridgehead atoms. The average molecular weight is 279 g/mol. The Morgan fingerprint density at radius 3 is 2.40 bits per heavy atom. The van der Waals surface area contributed by atoms with Crippen molar-refractivity contribution in [2.75, 3.05) is 11.9 Å². The molecule has 0 fully saturated rings. The van der Waals surface area contributed by atoms with E-state index in [0.717, 1.165) is 0 Å². The van der Waals surface area contributed by atoms with E-state index in [0.29, 0.717) is 18.5 Å². The quantitative estimate of drug-likeness (QED) is 0.767. The molecule has 108 valence electrons. The summed E-state index contributed by atoms with van der Waals surface area (Å²) in [5.74, 6) is -1.31. The Bertz CT molecular complexity index is 476. The Hall–Kier alpha value is -2.44. The normalized spacial score (nSPS) is 9.85. The molecule has 7 nitrogen and oxygen atoms in total. The van der Waals surface area contributed by atoms with E-state index in [2.05, 4.69) is 10.3 Å². The van der Waals surface area contributed by atoms with Crippen LogP contribution in [0.3, 0.4) is 0 Å². The van der Waals surface area contributed by atoms with Crippen LogP contribution in [0.25, 0.3) is 0 Å².